The number of hydrogen-bond acceptors (Lipinski definition) is 6. The maximum absolute atomic E-state index is 15.0. The van der Waals surface area contributed by atoms with E-state index >= 15 is 4.39 Å². The first-order chi connectivity index (χ1) is 16.1. The monoisotopic (exact) mass is 446 g/mol. The van der Waals surface area contributed by atoms with Gasteiger partial charge in [-0.3, -0.25) is 4.79 Å². The van der Waals surface area contributed by atoms with Gasteiger partial charge in [-0.2, -0.15) is 5.26 Å². The molecule has 0 unspecified atom stereocenters. The van der Waals surface area contributed by atoms with Crippen molar-refractivity contribution < 1.29 is 23.4 Å². The quantitative estimate of drug-likeness (QED) is 0.539. The number of nitrogens with zero attached hydrogens (tertiary/aromatic N) is 2. The van der Waals surface area contributed by atoms with E-state index < -0.39 is 11.8 Å². The number of hydrogen-bond donors (Lipinski definition) is 0. The van der Waals surface area contributed by atoms with Crippen LogP contribution in [0, 0.1) is 17.1 Å². The summed E-state index contributed by atoms with van der Waals surface area (Å²) in [5.41, 5.74) is 3.49. The molecule has 1 aliphatic heterocycles. The topological polar surface area (TPSA) is 81.4 Å². The Hall–Kier alpha value is -3.92. The number of aryl methyl sites for hydroxylation is 1. The van der Waals surface area contributed by atoms with E-state index in [0.29, 0.717) is 47.9 Å². The van der Waals surface area contributed by atoms with Crippen LogP contribution < -0.4 is 9.47 Å². The van der Waals surface area contributed by atoms with E-state index in [-0.39, 0.29) is 25.2 Å². The highest BCUT2D eigenvalue weighted by molar-refractivity contribution is 5.75. The van der Waals surface area contributed by atoms with Crippen LogP contribution in [0.25, 0.3) is 11.3 Å². The average molecular weight is 446 g/mol. The van der Waals surface area contributed by atoms with Gasteiger partial charge in [0.25, 0.3) is 0 Å². The first kappa shape index (κ1) is 22.3. The number of benzene rings is 2. The van der Waals surface area contributed by atoms with Crippen molar-refractivity contribution in [3.8, 4) is 29.0 Å². The molecule has 3 aromatic rings. The highest BCUT2D eigenvalue weighted by Gasteiger charge is 2.18. The minimum Gasteiger partial charge on any atom is -0.493 e. The predicted octanol–water partition coefficient (Wildman–Crippen LogP) is 4.77. The van der Waals surface area contributed by atoms with E-state index in [1.165, 1.54) is 6.07 Å². The van der Waals surface area contributed by atoms with Crippen molar-refractivity contribution in [2.75, 3.05) is 13.2 Å². The maximum atomic E-state index is 15.0. The third kappa shape index (κ3) is 5.29. The van der Waals surface area contributed by atoms with Gasteiger partial charge in [-0.15, -0.1) is 0 Å². The fourth-order valence-corrected chi connectivity index (χ4v) is 3.73. The van der Waals surface area contributed by atoms with Gasteiger partial charge in [0.05, 0.1) is 37.0 Å². The zero-order chi connectivity index (χ0) is 23.2. The standard InChI is InChI=1S/C26H23FN2O4/c1-2-31-26(30)13-20-12-22(27)21-14-24(20)32-10-4-5-18-11-17(8-9-19(18)15-28)16-33-25-7-3-6-23(21)29-25/h3,6-9,11-12,14H,2,4-5,10,13,16H2,1H3. The lowest BCUT2D eigenvalue weighted by atomic mass is 10.0. The van der Waals surface area contributed by atoms with E-state index in [9.17, 15) is 10.1 Å². The van der Waals surface area contributed by atoms with Crippen LogP contribution in [0.2, 0.25) is 0 Å². The number of nitriles is 1. The first-order valence-corrected chi connectivity index (χ1v) is 10.8. The molecule has 2 heterocycles. The molecule has 0 spiro atoms. The number of esters is 1. The zero-order valence-corrected chi connectivity index (χ0v) is 18.3. The SMILES string of the molecule is CCOC(=O)Cc1cc(F)c2cc1OCCCc1cc(ccc1C#N)COc1cccc-2n1. The molecule has 1 aliphatic rings. The first-order valence-electron chi connectivity index (χ1n) is 10.8. The van der Waals surface area contributed by atoms with Crippen LogP contribution in [0.4, 0.5) is 4.39 Å². The lowest BCUT2D eigenvalue weighted by Crippen LogP contribution is -2.10. The van der Waals surface area contributed by atoms with Gasteiger partial charge < -0.3 is 14.2 Å². The van der Waals surface area contributed by atoms with Gasteiger partial charge in [0.1, 0.15) is 18.2 Å². The fraction of sp³-hybridized carbons (Fsp3) is 0.269. The van der Waals surface area contributed by atoms with Crippen molar-refractivity contribution in [1.82, 2.24) is 4.98 Å². The molecule has 0 N–H and O–H groups in total. The molecule has 0 saturated carbocycles. The van der Waals surface area contributed by atoms with E-state index in [4.69, 9.17) is 14.2 Å². The molecule has 0 saturated heterocycles. The zero-order valence-electron chi connectivity index (χ0n) is 18.3. The Kier molecular flexibility index (Phi) is 6.84. The van der Waals surface area contributed by atoms with E-state index in [2.05, 4.69) is 11.1 Å². The second kappa shape index (κ2) is 10.1. The van der Waals surface area contributed by atoms with Gasteiger partial charge in [-0.25, -0.2) is 9.37 Å². The minimum absolute atomic E-state index is 0.0996. The summed E-state index contributed by atoms with van der Waals surface area (Å²) < 4.78 is 31.9. The Bertz CT molecular complexity index is 1220. The summed E-state index contributed by atoms with van der Waals surface area (Å²) in [7, 11) is 0. The van der Waals surface area contributed by atoms with Crippen LogP contribution in [0.15, 0.2) is 48.5 Å². The number of carbonyl (C=O) groups excluding carboxylic acids is 1. The van der Waals surface area contributed by atoms with Crippen LogP contribution in [0.1, 0.15) is 35.6 Å². The van der Waals surface area contributed by atoms with Crippen molar-refractivity contribution in [2.24, 2.45) is 0 Å². The highest BCUT2D eigenvalue weighted by atomic mass is 19.1. The molecule has 0 radical (unpaired) electrons. The van der Waals surface area contributed by atoms with E-state index in [1.54, 1.807) is 37.3 Å². The molecule has 1 aromatic heterocycles. The molecule has 6 nitrogen and oxygen atoms in total. The third-order valence-electron chi connectivity index (χ3n) is 5.31. The number of fused-ring (bicyclic) bond motifs is 7. The fourth-order valence-electron chi connectivity index (χ4n) is 3.73. The molecular weight excluding hydrogens is 423 g/mol. The molecule has 0 amide bonds. The van der Waals surface area contributed by atoms with Crippen molar-refractivity contribution in [3.05, 3.63) is 76.6 Å². The molecule has 0 aliphatic carbocycles. The second-order valence-corrected chi connectivity index (χ2v) is 7.63. The summed E-state index contributed by atoms with van der Waals surface area (Å²) in [6.07, 6.45) is 1.16. The van der Waals surface area contributed by atoms with Gasteiger partial charge in [0, 0.05) is 17.2 Å². The molecule has 2 aromatic carbocycles. The average Bonchev–Trinajstić information content (AvgIpc) is 2.81. The van der Waals surface area contributed by atoms with Gasteiger partial charge in [-0.05, 0) is 55.2 Å². The molecule has 6 bridgehead atoms. The normalized spacial score (nSPS) is 12.9. The van der Waals surface area contributed by atoms with Crippen molar-refractivity contribution in [2.45, 2.75) is 32.8 Å². The number of ether oxygens (including phenoxy) is 3. The molecule has 0 atom stereocenters. The smallest absolute Gasteiger partial charge is 0.310 e. The Morgan fingerprint density at radius 3 is 2.91 bits per heavy atom. The van der Waals surface area contributed by atoms with Crippen molar-refractivity contribution in [1.29, 1.82) is 5.26 Å². The lowest BCUT2D eigenvalue weighted by molar-refractivity contribution is -0.142. The Morgan fingerprint density at radius 1 is 1.21 bits per heavy atom. The molecule has 7 heteroatoms. The summed E-state index contributed by atoms with van der Waals surface area (Å²) in [5.74, 6) is -0.215. The van der Waals surface area contributed by atoms with Gasteiger partial charge in [0.15, 0.2) is 0 Å². The van der Waals surface area contributed by atoms with Crippen molar-refractivity contribution >= 4 is 5.97 Å². The number of rotatable bonds is 3. The Labute approximate surface area is 191 Å². The molecule has 168 valence electrons. The van der Waals surface area contributed by atoms with Gasteiger partial charge in [-0.1, -0.05) is 18.2 Å². The lowest BCUT2D eigenvalue weighted by Gasteiger charge is -2.14. The van der Waals surface area contributed by atoms with E-state index in [1.807, 2.05) is 12.1 Å². The second-order valence-electron chi connectivity index (χ2n) is 7.63. The number of aromatic nitrogens is 1. The van der Waals surface area contributed by atoms with Crippen LogP contribution in [-0.2, 0) is 29.0 Å². The van der Waals surface area contributed by atoms with Crippen LogP contribution in [0.5, 0.6) is 11.6 Å². The minimum atomic E-state index is -0.513. The summed E-state index contributed by atoms with van der Waals surface area (Å²) in [6.45, 7) is 2.57. The summed E-state index contributed by atoms with van der Waals surface area (Å²) in [4.78, 5) is 16.5. The Balaban J connectivity index is 1.73. The van der Waals surface area contributed by atoms with Crippen LogP contribution in [0.3, 0.4) is 0 Å². The summed E-state index contributed by atoms with van der Waals surface area (Å²) in [5, 5.41) is 9.45. The van der Waals surface area contributed by atoms with Gasteiger partial charge in [0.2, 0.25) is 5.88 Å². The summed E-state index contributed by atoms with van der Waals surface area (Å²) >= 11 is 0. The molecule has 0 fully saturated rings. The number of carbonyl (C=O) groups is 1. The van der Waals surface area contributed by atoms with Gasteiger partial charge >= 0.3 is 5.97 Å². The third-order valence-corrected chi connectivity index (χ3v) is 5.31. The van der Waals surface area contributed by atoms with Crippen LogP contribution >= 0.6 is 0 Å². The summed E-state index contributed by atoms with van der Waals surface area (Å²) in [6, 6.07) is 15.8. The van der Waals surface area contributed by atoms with Crippen molar-refractivity contribution in [3.63, 3.8) is 0 Å². The predicted molar refractivity (Wildman–Crippen MR) is 119 cm³/mol. The molecular formula is C26H23FN2O4. The largest absolute Gasteiger partial charge is 0.493 e. The number of halogens is 1. The van der Waals surface area contributed by atoms with Crippen LogP contribution in [-0.4, -0.2) is 24.2 Å². The number of pyridine rings is 1. The Morgan fingerprint density at radius 2 is 2.09 bits per heavy atom. The molecule has 33 heavy (non-hydrogen) atoms. The highest BCUT2D eigenvalue weighted by Crippen LogP contribution is 2.31. The molecule has 4 rings (SSSR count). The van der Waals surface area contributed by atoms with E-state index in [0.717, 1.165) is 11.1 Å². The maximum Gasteiger partial charge on any atom is 0.310 e.